The van der Waals surface area contributed by atoms with Crippen LogP contribution in [0.5, 0.6) is 11.5 Å². The number of hydrogen-bond acceptors (Lipinski definition) is 5. The van der Waals surface area contributed by atoms with Gasteiger partial charge in [-0.1, -0.05) is 12.1 Å². The molecule has 2 rings (SSSR count). The molecule has 1 unspecified atom stereocenters. The zero-order chi connectivity index (χ0) is 22.8. The van der Waals surface area contributed by atoms with E-state index in [1.165, 1.54) is 6.07 Å². The van der Waals surface area contributed by atoms with Gasteiger partial charge in [0.1, 0.15) is 5.82 Å². The van der Waals surface area contributed by atoms with Crippen molar-refractivity contribution in [3.05, 3.63) is 58.9 Å². The molecule has 2 N–H and O–H groups in total. The van der Waals surface area contributed by atoms with Crippen molar-refractivity contribution >= 4 is 17.7 Å². The van der Waals surface area contributed by atoms with Gasteiger partial charge in [-0.05, 0) is 61.3 Å². The fraction of sp³-hybridized carbons (Fsp3) is 0.435. The Morgan fingerprint density at radius 2 is 1.81 bits per heavy atom. The van der Waals surface area contributed by atoms with E-state index in [2.05, 4.69) is 20.5 Å². The highest BCUT2D eigenvalue weighted by molar-refractivity contribution is 7.97. The summed E-state index contributed by atoms with van der Waals surface area (Å²) in [5.41, 5.74) is 3.15. The van der Waals surface area contributed by atoms with Crippen LogP contribution in [0, 0.1) is 5.82 Å². The first-order valence-corrected chi connectivity index (χ1v) is 11.4. The Bertz CT molecular complexity index is 877. The smallest absolute Gasteiger partial charge is 0.191 e. The average molecular weight is 449 g/mol. The van der Waals surface area contributed by atoms with Gasteiger partial charge in [-0.15, -0.1) is 0 Å². The van der Waals surface area contributed by atoms with E-state index in [1.54, 1.807) is 39.1 Å². The summed E-state index contributed by atoms with van der Waals surface area (Å²) in [6.07, 6.45) is 2.01. The predicted octanol–water partition coefficient (Wildman–Crippen LogP) is 3.67. The molecule has 0 amide bonds. The van der Waals surface area contributed by atoms with E-state index >= 15 is 0 Å². The lowest BCUT2D eigenvalue weighted by molar-refractivity contribution is 0.295. The molecular weight excluding hydrogens is 415 g/mol. The van der Waals surface area contributed by atoms with Crippen LogP contribution in [0.3, 0.4) is 0 Å². The summed E-state index contributed by atoms with van der Waals surface area (Å²) in [6, 6.07) is 11.0. The summed E-state index contributed by atoms with van der Waals surface area (Å²) in [5, 5.41) is 6.73. The first kappa shape index (κ1) is 24.8. The van der Waals surface area contributed by atoms with E-state index < -0.39 is 0 Å². The number of nitrogens with one attached hydrogen (secondary N) is 2. The SMILES string of the molecule is CN=C(NCc1ccc(F)cc1CSC)NCC(c1ccc(OC)c(OC)c1)N(C)C. The molecule has 0 radical (unpaired) electrons. The summed E-state index contributed by atoms with van der Waals surface area (Å²) in [7, 11) is 9.07. The Kier molecular flexibility index (Phi) is 9.94. The van der Waals surface area contributed by atoms with Gasteiger partial charge in [0, 0.05) is 25.9 Å². The number of ether oxygens (including phenoxy) is 2. The van der Waals surface area contributed by atoms with Crippen molar-refractivity contribution in [2.75, 3.05) is 48.2 Å². The Labute approximate surface area is 189 Å². The van der Waals surface area contributed by atoms with Crippen molar-refractivity contribution in [3.8, 4) is 11.5 Å². The predicted molar refractivity (Wildman–Crippen MR) is 128 cm³/mol. The lowest BCUT2D eigenvalue weighted by Crippen LogP contribution is -2.41. The van der Waals surface area contributed by atoms with Gasteiger partial charge in [0.15, 0.2) is 17.5 Å². The first-order chi connectivity index (χ1) is 14.9. The molecule has 8 heteroatoms. The van der Waals surface area contributed by atoms with Crippen LogP contribution in [0.25, 0.3) is 0 Å². The second-order valence-corrected chi connectivity index (χ2v) is 8.11. The second-order valence-electron chi connectivity index (χ2n) is 7.25. The highest BCUT2D eigenvalue weighted by atomic mass is 32.2. The van der Waals surface area contributed by atoms with Gasteiger partial charge >= 0.3 is 0 Å². The Morgan fingerprint density at radius 1 is 1.06 bits per heavy atom. The van der Waals surface area contributed by atoms with E-state index in [1.807, 2.05) is 44.6 Å². The molecule has 0 fully saturated rings. The fourth-order valence-electron chi connectivity index (χ4n) is 3.31. The van der Waals surface area contributed by atoms with Crippen molar-refractivity contribution in [1.29, 1.82) is 0 Å². The number of benzene rings is 2. The molecule has 6 nitrogen and oxygen atoms in total. The van der Waals surface area contributed by atoms with E-state index in [0.717, 1.165) is 22.4 Å². The fourth-order valence-corrected chi connectivity index (χ4v) is 3.89. The summed E-state index contributed by atoms with van der Waals surface area (Å²) in [4.78, 5) is 6.47. The number of likely N-dealkylation sites (N-methyl/N-ethyl adjacent to an activating group) is 1. The Hall–Kier alpha value is -2.45. The van der Waals surface area contributed by atoms with Crippen molar-refractivity contribution in [3.63, 3.8) is 0 Å². The van der Waals surface area contributed by atoms with Crippen LogP contribution in [0.4, 0.5) is 4.39 Å². The topological polar surface area (TPSA) is 58.1 Å². The number of guanidine groups is 1. The molecular formula is C23H33FN4O2S. The summed E-state index contributed by atoms with van der Waals surface area (Å²) >= 11 is 1.67. The molecule has 2 aromatic carbocycles. The van der Waals surface area contributed by atoms with Gasteiger partial charge in [-0.2, -0.15) is 11.8 Å². The van der Waals surface area contributed by atoms with Gasteiger partial charge in [0.25, 0.3) is 0 Å². The normalized spacial score (nSPS) is 12.6. The molecule has 0 aliphatic rings. The maximum absolute atomic E-state index is 13.6. The number of aliphatic imine (C=N–C) groups is 1. The van der Waals surface area contributed by atoms with E-state index in [0.29, 0.717) is 30.5 Å². The van der Waals surface area contributed by atoms with Gasteiger partial charge in [0.05, 0.1) is 20.3 Å². The van der Waals surface area contributed by atoms with Crippen molar-refractivity contribution in [2.24, 2.45) is 4.99 Å². The third-order valence-corrected chi connectivity index (χ3v) is 5.62. The molecule has 0 aromatic heterocycles. The lowest BCUT2D eigenvalue weighted by atomic mass is 10.1. The van der Waals surface area contributed by atoms with Crippen LogP contribution >= 0.6 is 11.8 Å². The Balaban J connectivity index is 2.06. The zero-order valence-corrected chi connectivity index (χ0v) is 20.0. The molecule has 0 bridgehead atoms. The molecule has 170 valence electrons. The molecule has 0 aliphatic carbocycles. The van der Waals surface area contributed by atoms with Gasteiger partial charge in [0.2, 0.25) is 0 Å². The highest BCUT2D eigenvalue weighted by Crippen LogP contribution is 2.31. The van der Waals surface area contributed by atoms with Crippen LogP contribution in [-0.4, -0.2) is 59.0 Å². The number of methoxy groups -OCH3 is 2. The van der Waals surface area contributed by atoms with E-state index in [9.17, 15) is 4.39 Å². The second kappa shape index (κ2) is 12.4. The zero-order valence-electron chi connectivity index (χ0n) is 19.2. The molecule has 0 saturated heterocycles. The van der Waals surface area contributed by atoms with Crippen LogP contribution in [0.1, 0.15) is 22.7 Å². The first-order valence-electron chi connectivity index (χ1n) is 10.0. The third kappa shape index (κ3) is 7.04. The largest absolute Gasteiger partial charge is 0.493 e. The summed E-state index contributed by atoms with van der Waals surface area (Å²) in [6.45, 7) is 1.21. The maximum Gasteiger partial charge on any atom is 0.191 e. The van der Waals surface area contributed by atoms with Crippen LogP contribution in [0.2, 0.25) is 0 Å². The third-order valence-electron chi connectivity index (χ3n) is 5.02. The molecule has 1 atom stereocenters. The minimum atomic E-state index is -0.209. The number of hydrogen-bond donors (Lipinski definition) is 2. The maximum atomic E-state index is 13.6. The summed E-state index contributed by atoms with van der Waals surface area (Å²) in [5.74, 6) is 2.65. The molecule has 0 spiro atoms. The van der Waals surface area contributed by atoms with Gasteiger partial charge in [-0.3, -0.25) is 4.99 Å². The van der Waals surface area contributed by atoms with Crippen molar-refractivity contribution in [1.82, 2.24) is 15.5 Å². The molecule has 0 aliphatic heterocycles. The number of nitrogens with zero attached hydrogens (tertiary/aromatic N) is 2. The number of halogens is 1. The van der Waals surface area contributed by atoms with Crippen LogP contribution in [-0.2, 0) is 12.3 Å². The average Bonchev–Trinajstić information content (AvgIpc) is 2.76. The van der Waals surface area contributed by atoms with E-state index in [4.69, 9.17) is 9.47 Å². The number of thioether (sulfide) groups is 1. The summed E-state index contributed by atoms with van der Waals surface area (Å²) < 4.78 is 24.4. The number of rotatable bonds is 10. The minimum Gasteiger partial charge on any atom is -0.493 e. The van der Waals surface area contributed by atoms with E-state index in [-0.39, 0.29) is 11.9 Å². The minimum absolute atomic E-state index is 0.0937. The molecule has 2 aromatic rings. The highest BCUT2D eigenvalue weighted by Gasteiger charge is 2.17. The lowest BCUT2D eigenvalue weighted by Gasteiger charge is -2.26. The molecule has 31 heavy (non-hydrogen) atoms. The van der Waals surface area contributed by atoms with Crippen LogP contribution in [0.15, 0.2) is 41.4 Å². The van der Waals surface area contributed by atoms with Gasteiger partial charge in [-0.25, -0.2) is 4.39 Å². The van der Waals surface area contributed by atoms with Crippen LogP contribution < -0.4 is 20.1 Å². The molecule has 0 heterocycles. The Morgan fingerprint density at radius 3 is 2.42 bits per heavy atom. The molecule has 0 saturated carbocycles. The quantitative estimate of drug-likeness (QED) is 0.427. The van der Waals surface area contributed by atoms with Crippen molar-refractivity contribution in [2.45, 2.75) is 18.3 Å². The van der Waals surface area contributed by atoms with Crippen molar-refractivity contribution < 1.29 is 13.9 Å². The standard InChI is InChI=1S/C23H33FN4O2S/c1-25-23(26-13-17-7-9-19(24)11-18(17)15-31-6)27-14-20(28(2)3)16-8-10-21(29-4)22(12-16)30-5/h7-12,20H,13-15H2,1-6H3,(H2,25,26,27). The monoisotopic (exact) mass is 448 g/mol. The van der Waals surface area contributed by atoms with Gasteiger partial charge < -0.3 is 25.0 Å².